The van der Waals surface area contributed by atoms with Gasteiger partial charge in [0.15, 0.2) is 0 Å². The van der Waals surface area contributed by atoms with Crippen LogP contribution in [0, 0.1) is 0 Å². The van der Waals surface area contributed by atoms with Crippen molar-refractivity contribution in [1.29, 1.82) is 0 Å². The van der Waals surface area contributed by atoms with E-state index in [4.69, 9.17) is 10.2 Å². The monoisotopic (exact) mass is 252 g/mol. The van der Waals surface area contributed by atoms with Crippen molar-refractivity contribution in [3.8, 4) is 0 Å². The minimum atomic E-state index is -3.74. The molecule has 0 aromatic heterocycles. The van der Waals surface area contributed by atoms with Gasteiger partial charge in [0.2, 0.25) is 0 Å². The van der Waals surface area contributed by atoms with Gasteiger partial charge in [-0.3, -0.25) is 4.79 Å². The highest BCUT2D eigenvalue weighted by atomic mass is 32.2. The summed E-state index contributed by atoms with van der Waals surface area (Å²) < 4.78 is 26.7. The Hall–Kier alpha value is -0.700. The Kier molecular flexibility index (Phi) is 4.66. The number of rotatable bonds is 6. The summed E-state index contributed by atoms with van der Waals surface area (Å²) in [6, 6.07) is -1.27. The maximum atomic E-state index is 11.7. The molecule has 0 saturated carbocycles. The average Bonchev–Trinajstić information content (AvgIpc) is 2.69. The smallest absolute Gasteiger partial charge is 0.321 e. The topological polar surface area (TPSA) is 107 Å². The van der Waals surface area contributed by atoms with Crippen LogP contribution < -0.4 is 4.72 Å². The predicted molar refractivity (Wildman–Crippen MR) is 56.0 cm³/mol. The lowest BCUT2D eigenvalue weighted by Crippen LogP contribution is -2.47. The third kappa shape index (κ3) is 3.41. The first-order valence-electron chi connectivity index (χ1n) is 5.08. The first-order chi connectivity index (χ1) is 7.47. The van der Waals surface area contributed by atoms with Crippen LogP contribution in [0.1, 0.15) is 19.3 Å². The molecule has 0 bridgehead atoms. The largest absolute Gasteiger partial charge is 0.480 e. The minimum Gasteiger partial charge on any atom is -0.480 e. The van der Waals surface area contributed by atoms with E-state index in [1.54, 1.807) is 0 Å². The molecular formula is C8H16N2O5S. The molecule has 1 atom stereocenters. The predicted octanol–water partition coefficient (Wildman–Crippen LogP) is -1.25. The second-order valence-electron chi connectivity index (χ2n) is 3.63. The van der Waals surface area contributed by atoms with Crippen molar-refractivity contribution in [2.45, 2.75) is 25.3 Å². The van der Waals surface area contributed by atoms with Crippen molar-refractivity contribution >= 4 is 16.2 Å². The second-order valence-corrected chi connectivity index (χ2v) is 5.33. The average molecular weight is 252 g/mol. The summed E-state index contributed by atoms with van der Waals surface area (Å²) >= 11 is 0. The van der Waals surface area contributed by atoms with E-state index in [1.165, 1.54) is 4.31 Å². The molecule has 1 aliphatic heterocycles. The van der Waals surface area contributed by atoms with Crippen LogP contribution in [0.15, 0.2) is 0 Å². The van der Waals surface area contributed by atoms with E-state index in [2.05, 4.69) is 4.72 Å². The van der Waals surface area contributed by atoms with Gasteiger partial charge >= 0.3 is 5.97 Å². The lowest BCUT2D eigenvalue weighted by molar-refractivity contribution is -0.139. The minimum absolute atomic E-state index is 0.137. The molecule has 8 heteroatoms. The van der Waals surface area contributed by atoms with Gasteiger partial charge < -0.3 is 10.2 Å². The molecule has 3 N–H and O–H groups in total. The molecular weight excluding hydrogens is 236 g/mol. The van der Waals surface area contributed by atoms with Crippen LogP contribution in [-0.2, 0) is 15.0 Å². The lowest BCUT2D eigenvalue weighted by atomic mass is 10.2. The fraction of sp³-hybridized carbons (Fsp3) is 0.875. The summed E-state index contributed by atoms with van der Waals surface area (Å²) in [5.74, 6) is -1.28. The number of aliphatic hydroxyl groups is 1. The molecule has 0 spiro atoms. The van der Waals surface area contributed by atoms with Crippen molar-refractivity contribution in [1.82, 2.24) is 9.03 Å². The van der Waals surface area contributed by atoms with E-state index >= 15 is 0 Å². The number of carbonyl (C=O) groups is 1. The van der Waals surface area contributed by atoms with Crippen LogP contribution in [0.3, 0.4) is 0 Å². The van der Waals surface area contributed by atoms with Gasteiger partial charge in [-0.1, -0.05) is 0 Å². The van der Waals surface area contributed by atoms with Gasteiger partial charge in [0.05, 0.1) is 0 Å². The van der Waals surface area contributed by atoms with Crippen molar-refractivity contribution in [3.05, 3.63) is 0 Å². The zero-order valence-corrected chi connectivity index (χ0v) is 9.61. The van der Waals surface area contributed by atoms with Gasteiger partial charge in [-0.15, -0.1) is 0 Å². The van der Waals surface area contributed by atoms with Gasteiger partial charge in [-0.25, -0.2) is 0 Å². The van der Waals surface area contributed by atoms with E-state index in [0.29, 0.717) is 13.1 Å². The van der Waals surface area contributed by atoms with Crippen LogP contribution in [0.2, 0.25) is 0 Å². The number of hydrogen-bond donors (Lipinski definition) is 3. The first-order valence-corrected chi connectivity index (χ1v) is 6.52. The summed E-state index contributed by atoms with van der Waals surface area (Å²) in [4.78, 5) is 10.7. The molecule has 0 aliphatic carbocycles. The molecule has 0 amide bonds. The van der Waals surface area contributed by atoms with E-state index < -0.39 is 22.2 Å². The standard InChI is InChI=1S/C8H16N2O5S/c11-6-3-7(8(12)13)9-16(14,15)10-4-1-2-5-10/h7,9,11H,1-6H2,(H,12,13)/t7-/m0/s1. The number of carboxylic acid groups (broad SMARTS) is 1. The lowest BCUT2D eigenvalue weighted by Gasteiger charge is -2.19. The summed E-state index contributed by atoms with van der Waals surface area (Å²) in [6.07, 6.45) is 1.44. The Balaban J connectivity index is 2.65. The van der Waals surface area contributed by atoms with Gasteiger partial charge in [0.1, 0.15) is 6.04 Å². The molecule has 7 nitrogen and oxygen atoms in total. The molecule has 0 aromatic rings. The fourth-order valence-corrected chi connectivity index (χ4v) is 3.01. The van der Waals surface area contributed by atoms with Crippen LogP contribution in [0.5, 0.6) is 0 Å². The highest BCUT2D eigenvalue weighted by Gasteiger charge is 2.30. The highest BCUT2D eigenvalue weighted by molar-refractivity contribution is 7.87. The first kappa shape index (κ1) is 13.4. The van der Waals surface area contributed by atoms with Crippen molar-refractivity contribution in [3.63, 3.8) is 0 Å². The van der Waals surface area contributed by atoms with Gasteiger partial charge in [0, 0.05) is 19.7 Å². The van der Waals surface area contributed by atoms with Crippen molar-refractivity contribution in [2.24, 2.45) is 0 Å². The number of carboxylic acids is 1. The molecule has 1 fully saturated rings. The third-order valence-corrected chi connectivity index (χ3v) is 4.04. The maximum absolute atomic E-state index is 11.7. The number of nitrogens with zero attached hydrogens (tertiary/aromatic N) is 1. The van der Waals surface area contributed by atoms with Gasteiger partial charge in [-0.2, -0.15) is 17.4 Å². The molecule has 0 radical (unpaired) electrons. The normalized spacial score (nSPS) is 19.8. The van der Waals surface area contributed by atoms with Gasteiger partial charge in [-0.05, 0) is 19.3 Å². The van der Waals surface area contributed by atoms with E-state index in [-0.39, 0.29) is 13.0 Å². The maximum Gasteiger partial charge on any atom is 0.321 e. The van der Waals surface area contributed by atoms with Gasteiger partial charge in [0.25, 0.3) is 10.2 Å². The Morgan fingerprint density at radius 2 is 1.94 bits per heavy atom. The SMILES string of the molecule is O=C(O)[C@H](CCO)NS(=O)(=O)N1CCCC1. The summed E-state index contributed by atoms with van der Waals surface area (Å²) in [6.45, 7) is 0.459. The quantitative estimate of drug-likeness (QED) is 0.547. The van der Waals surface area contributed by atoms with Crippen LogP contribution in [0.4, 0.5) is 0 Å². The molecule has 1 aliphatic rings. The molecule has 1 saturated heterocycles. The van der Waals surface area contributed by atoms with Crippen LogP contribution in [0.25, 0.3) is 0 Å². The third-order valence-electron chi connectivity index (χ3n) is 2.41. The summed E-state index contributed by atoms with van der Waals surface area (Å²) in [5, 5.41) is 17.4. The molecule has 94 valence electrons. The molecule has 0 aromatic carbocycles. The number of nitrogens with one attached hydrogen (secondary N) is 1. The Morgan fingerprint density at radius 1 is 1.38 bits per heavy atom. The Bertz CT molecular complexity index is 336. The van der Waals surface area contributed by atoms with Crippen molar-refractivity contribution < 1.29 is 23.4 Å². The number of hydrogen-bond acceptors (Lipinski definition) is 4. The van der Waals surface area contributed by atoms with Crippen LogP contribution >= 0.6 is 0 Å². The Labute approximate surface area is 94.2 Å². The molecule has 1 heterocycles. The Morgan fingerprint density at radius 3 is 2.38 bits per heavy atom. The summed E-state index contributed by atoms with van der Waals surface area (Å²) in [7, 11) is -3.74. The molecule has 0 unspecified atom stereocenters. The van der Waals surface area contributed by atoms with Crippen LogP contribution in [-0.4, -0.2) is 54.6 Å². The highest BCUT2D eigenvalue weighted by Crippen LogP contribution is 2.12. The van der Waals surface area contributed by atoms with E-state index in [9.17, 15) is 13.2 Å². The fourth-order valence-electron chi connectivity index (χ4n) is 1.54. The molecule has 16 heavy (non-hydrogen) atoms. The van der Waals surface area contributed by atoms with Crippen molar-refractivity contribution in [2.75, 3.05) is 19.7 Å². The number of aliphatic carboxylic acids is 1. The van der Waals surface area contributed by atoms with E-state index in [1.807, 2.05) is 0 Å². The zero-order chi connectivity index (χ0) is 12.2. The zero-order valence-electron chi connectivity index (χ0n) is 8.79. The number of aliphatic hydroxyl groups excluding tert-OH is 1. The summed E-state index contributed by atoms with van der Waals surface area (Å²) in [5.41, 5.74) is 0. The molecule has 1 rings (SSSR count). The second kappa shape index (κ2) is 5.58. The van der Waals surface area contributed by atoms with E-state index in [0.717, 1.165) is 12.8 Å².